The summed E-state index contributed by atoms with van der Waals surface area (Å²) >= 11 is 0. The Morgan fingerprint density at radius 2 is 1.83 bits per heavy atom. The second-order valence-corrected chi connectivity index (χ2v) is 5.83. The number of anilines is 1. The van der Waals surface area contributed by atoms with E-state index in [4.69, 9.17) is 9.47 Å². The van der Waals surface area contributed by atoms with Crippen LogP contribution in [0.5, 0.6) is 11.5 Å². The normalized spacial score (nSPS) is 20.9. The second-order valence-electron chi connectivity index (χ2n) is 5.83. The van der Waals surface area contributed by atoms with E-state index in [0.29, 0.717) is 22.7 Å². The quantitative estimate of drug-likeness (QED) is 0.805. The van der Waals surface area contributed by atoms with Gasteiger partial charge in [0, 0.05) is 11.8 Å². The number of nitrogens with zero attached hydrogens (tertiary/aromatic N) is 1. The Bertz CT molecular complexity index is 804. The molecule has 124 valence electrons. The maximum absolute atomic E-state index is 14.2. The van der Waals surface area contributed by atoms with Crippen LogP contribution in [0.25, 0.3) is 0 Å². The molecule has 0 saturated carbocycles. The lowest BCUT2D eigenvalue weighted by Gasteiger charge is -2.46. The van der Waals surface area contributed by atoms with E-state index in [2.05, 4.69) is 0 Å². The number of carbonyl (C=O) groups excluding carboxylic acids is 1. The highest BCUT2D eigenvalue weighted by Crippen LogP contribution is 2.51. The lowest BCUT2D eigenvalue weighted by Crippen LogP contribution is -2.64. The minimum Gasteiger partial charge on any atom is -0.454 e. The van der Waals surface area contributed by atoms with Gasteiger partial charge >= 0.3 is 11.8 Å². The van der Waals surface area contributed by atoms with Crippen LogP contribution in [0.15, 0.2) is 42.5 Å². The van der Waals surface area contributed by atoms with Crippen molar-refractivity contribution < 1.29 is 23.0 Å². The van der Waals surface area contributed by atoms with Crippen LogP contribution in [0, 0.1) is 0 Å². The van der Waals surface area contributed by atoms with Crippen molar-refractivity contribution >= 4 is 11.6 Å². The molecule has 0 bridgehead atoms. The van der Waals surface area contributed by atoms with Gasteiger partial charge in [0.15, 0.2) is 11.5 Å². The molecule has 0 spiro atoms. The maximum Gasteiger partial charge on any atom is 0.349 e. The Morgan fingerprint density at radius 3 is 2.54 bits per heavy atom. The first kappa shape index (κ1) is 14.9. The van der Waals surface area contributed by atoms with Gasteiger partial charge in [-0.1, -0.05) is 31.2 Å². The monoisotopic (exact) mass is 331 g/mol. The highest BCUT2D eigenvalue weighted by molar-refractivity contribution is 6.07. The molecule has 0 aliphatic carbocycles. The van der Waals surface area contributed by atoms with Gasteiger partial charge in [0.25, 0.3) is 0 Å². The number of fused-ring (bicyclic) bond motifs is 1. The second kappa shape index (κ2) is 5.19. The number of halogens is 2. The molecule has 2 heterocycles. The predicted molar refractivity (Wildman–Crippen MR) is 83.6 cm³/mol. The van der Waals surface area contributed by atoms with Crippen molar-refractivity contribution in [3.63, 3.8) is 0 Å². The van der Waals surface area contributed by atoms with E-state index in [9.17, 15) is 13.6 Å². The number of carbonyl (C=O) groups is 1. The van der Waals surface area contributed by atoms with Crippen molar-refractivity contribution in [3.8, 4) is 11.5 Å². The number of benzene rings is 2. The zero-order valence-corrected chi connectivity index (χ0v) is 13.0. The van der Waals surface area contributed by atoms with Gasteiger partial charge in [-0.2, -0.15) is 8.78 Å². The van der Waals surface area contributed by atoms with Gasteiger partial charge in [0.05, 0.1) is 0 Å². The van der Waals surface area contributed by atoms with E-state index in [1.165, 1.54) is 0 Å². The van der Waals surface area contributed by atoms with E-state index in [1.54, 1.807) is 30.3 Å². The van der Waals surface area contributed by atoms with Crippen LogP contribution in [-0.4, -0.2) is 18.6 Å². The fraction of sp³-hybridized carbons (Fsp3) is 0.278. The molecule has 4 nitrogen and oxygen atoms in total. The number of ether oxygens (including phenoxy) is 2. The minimum absolute atomic E-state index is 0.0881. The summed E-state index contributed by atoms with van der Waals surface area (Å²) < 4.78 is 38.9. The zero-order valence-electron chi connectivity index (χ0n) is 13.0. The maximum atomic E-state index is 14.2. The average Bonchev–Trinajstić information content (AvgIpc) is 3.06. The number of alkyl halides is 2. The average molecular weight is 331 g/mol. The molecule has 1 fully saturated rings. The van der Waals surface area contributed by atoms with Crippen LogP contribution in [-0.2, 0) is 11.2 Å². The third-order valence-electron chi connectivity index (χ3n) is 4.44. The van der Waals surface area contributed by atoms with Crippen LogP contribution in [0.2, 0.25) is 0 Å². The lowest BCUT2D eigenvalue weighted by atomic mass is 9.88. The van der Waals surface area contributed by atoms with Crippen molar-refractivity contribution in [2.24, 2.45) is 0 Å². The molecule has 0 aromatic heterocycles. The Kier molecular flexibility index (Phi) is 3.23. The zero-order chi connectivity index (χ0) is 16.9. The first-order valence-electron chi connectivity index (χ1n) is 7.72. The summed E-state index contributed by atoms with van der Waals surface area (Å²) in [7, 11) is 0. The molecule has 1 saturated heterocycles. The summed E-state index contributed by atoms with van der Waals surface area (Å²) in [5.41, 5.74) is 1.84. The Hall–Kier alpha value is -2.63. The van der Waals surface area contributed by atoms with E-state index in [-0.39, 0.29) is 6.79 Å². The van der Waals surface area contributed by atoms with Crippen LogP contribution < -0.4 is 14.4 Å². The van der Waals surface area contributed by atoms with Gasteiger partial charge in [0.2, 0.25) is 6.79 Å². The summed E-state index contributed by atoms with van der Waals surface area (Å²) in [5, 5.41) is 0. The summed E-state index contributed by atoms with van der Waals surface area (Å²) in [4.78, 5) is 13.1. The van der Waals surface area contributed by atoms with Gasteiger partial charge in [-0.15, -0.1) is 0 Å². The molecule has 0 unspecified atom stereocenters. The van der Waals surface area contributed by atoms with E-state index in [0.717, 1.165) is 16.9 Å². The molecule has 1 amide bonds. The molecule has 24 heavy (non-hydrogen) atoms. The topological polar surface area (TPSA) is 38.8 Å². The van der Waals surface area contributed by atoms with Gasteiger partial charge in [-0.25, -0.2) is 0 Å². The van der Waals surface area contributed by atoms with Crippen LogP contribution >= 0.6 is 0 Å². The SMILES string of the molecule is CCc1ccc([C@@H]2N(c3ccc4c(c3)OCO4)C(=O)C2(F)F)cc1. The summed E-state index contributed by atoms with van der Waals surface area (Å²) in [6.07, 6.45) is 0.826. The van der Waals surface area contributed by atoms with Crippen LogP contribution in [0.3, 0.4) is 0 Å². The number of hydrogen-bond acceptors (Lipinski definition) is 3. The summed E-state index contributed by atoms with van der Waals surface area (Å²) in [5.74, 6) is -3.62. The molecule has 2 aliphatic rings. The number of rotatable bonds is 3. The Labute approximate surface area is 137 Å². The number of amides is 1. The molecule has 4 rings (SSSR count). The molecule has 2 aliphatic heterocycles. The molecular formula is C18H15F2NO3. The number of β-lactam (4-membered cyclic amide) rings is 1. The molecule has 1 atom stereocenters. The molecule has 6 heteroatoms. The highest BCUT2D eigenvalue weighted by Gasteiger charge is 2.64. The van der Waals surface area contributed by atoms with Crippen molar-refractivity contribution in [2.75, 3.05) is 11.7 Å². The minimum atomic E-state index is -3.41. The van der Waals surface area contributed by atoms with Crippen molar-refractivity contribution in [2.45, 2.75) is 25.3 Å². The fourth-order valence-electron chi connectivity index (χ4n) is 3.09. The lowest BCUT2D eigenvalue weighted by molar-refractivity contribution is -0.162. The number of aryl methyl sites for hydroxylation is 1. The molecule has 2 aromatic carbocycles. The number of hydrogen-bond donors (Lipinski definition) is 0. The van der Waals surface area contributed by atoms with Gasteiger partial charge in [0.1, 0.15) is 6.04 Å². The van der Waals surface area contributed by atoms with Gasteiger partial charge in [-0.3, -0.25) is 9.69 Å². The smallest absolute Gasteiger partial charge is 0.349 e. The fourth-order valence-corrected chi connectivity index (χ4v) is 3.09. The van der Waals surface area contributed by atoms with Crippen molar-refractivity contribution in [1.29, 1.82) is 0 Å². The van der Waals surface area contributed by atoms with Crippen molar-refractivity contribution in [3.05, 3.63) is 53.6 Å². The predicted octanol–water partition coefficient (Wildman–Crippen LogP) is 3.70. The summed E-state index contributed by atoms with van der Waals surface area (Å²) in [6, 6.07) is 10.4. The first-order chi connectivity index (χ1) is 11.5. The first-order valence-corrected chi connectivity index (χ1v) is 7.72. The van der Waals surface area contributed by atoms with Gasteiger partial charge in [-0.05, 0) is 29.7 Å². The van der Waals surface area contributed by atoms with E-state index in [1.807, 2.05) is 19.1 Å². The van der Waals surface area contributed by atoms with E-state index < -0.39 is 17.9 Å². The standard InChI is InChI=1S/C18H15F2NO3/c1-2-11-3-5-12(6-4-11)16-18(19,20)17(22)21(16)13-7-8-14-15(9-13)24-10-23-14/h3-9,16H,2,10H2,1H3/t16-/m0/s1. The molecule has 0 N–H and O–H groups in total. The van der Waals surface area contributed by atoms with Crippen LogP contribution in [0.4, 0.5) is 14.5 Å². The third-order valence-corrected chi connectivity index (χ3v) is 4.44. The van der Waals surface area contributed by atoms with Crippen LogP contribution in [0.1, 0.15) is 24.1 Å². The summed E-state index contributed by atoms with van der Waals surface area (Å²) in [6.45, 7) is 2.08. The van der Waals surface area contributed by atoms with Gasteiger partial charge < -0.3 is 9.47 Å². The van der Waals surface area contributed by atoms with E-state index >= 15 is 0 Å². The Balaban J connectivity index is 1.72. The third kappa shape index (κ3) is 2.06. The molecule has 0 radical (unpaired) electrons. The van der Waals surface area contributed by atoms with Crippen molar-refractivity contribution in [1.82, 2.24) is 0 Å². The molecular weight excluding hydrogens is 316 g/mol. The Morgan fingerprint density at radius 1 is 1.12 bits per heavy atom. The largest absolute Gasteiger partial charge is 0.454 e. The highest BCUT2D eigenvalue weighted by atomic mass is 19.3. The molecule has 2 aromatic rings.